The number of halogens is 1. The number of aryl methyl sites for hydroxylation is 1. The van der Waals surface area contributed by atoms with Crippen LogP contribution >= 0.6 is 0 Å². The molecule has 0 saturated carbocycles. The Labute approximate surface area is 144 Å². The molecule has 0 aromatic carbocycles. The van der Waals surface area contributed by atoms with E-state index in [1.807, 2.05) is 6.20 Å². The van der Waals surface area contributed by atoms with Crippen LogP contribution < -0.4 is 17.0 Å². The molecule has 22 heavy (non-hydrogen) atoms. The number of unbranched alkanes of at least 4 members (excludes halogenated alkanes) is 13. The van der Waals surface area contributed by atoms with Gasteiger partial charge in [-0.05, 0) is 6.42 Å². The second kappa shape index (κ2) is 16.9. The molecule has 2 nitrogen and oxygen atoms in total. The lowest BCUT2D eigenvalue weighted by molar-refractivity contribution is -0.700. The van der Waals surface area contributed by atoms with Gasteiger partial charge in [0.1, 0.15) is 0 Å². The van der Waals surface area contributed by atoms with Gasteiger partial charge < -0.3 is 16.8 Å². The minimum absolute atomic E-state index is 0. The number of rotatable bonds is 15. The zero-order valence-electron chi connectivity index (χ0n) is 14.6. The van der Waals surface area contributed by atoms with Crippen LogP contribution in [0.3, 0.4) is 0 Å². The Morgan fingerprint density at radius 3 is 1.55 bits per heavy atom. The van der Waals surface area contributed by atoms with Crippen molar-refractivity contribution in [1.82, 2.24) is 0 Å². The SMILES string of the molecule is CCCCCCCCCCCCCCCC[n+]1ccoc1.[Cl-]. The second-order valence-corrected chi connectivity index (χ2v) is 6.36. The summed E-state index contributed by atoms with van der Waals surface area (Å²) < 4.78 is 7.17. The van der Waals surface area contributed by atoms with E-state index in [0.717, 1.165) is 6.54 Å². The Kier molecular flexibility index (Phi) is 16.5. The molecule has 1 aromatic heterocycles. The Morgan fingerprint density at radius 2 is 1.14 bits per heavy atom. The van der Waals surface area contributed by atoms with Crippen molar-refractivity contribution in [1.29, 1.82) is 0 Å². The molecule has 1 aromatic rings. The summed E-state index contributed by atoms with van der Waals surface area (Å²) in [7, 11) is 0. The van der Waals surface area contributed by atoms with Gasteiger partial charge in [-0.25, -0.2) is 0 Å². The fraction of sp³-hybridized carbons (Fsp3) is 0.842. The fourth-order valence-electron chi connectivity index (χ4n) is 2.88. The molecule has 0 radical (unpaired) electrons. The van der Waals surface area contributed by atoms with Crippen molar-refractivity contribution in [3.8, 4) is 0 Å². The van der Waals surface area contributed by atoms with Crippen molar-refractivity contribution in [3.05, 3.63) is 18.9 Å². The highest BCUT2D eigenvalue weighted by molar-refractivity contribution is 4.49. The molecule has 0 aliphatic heterocycles. The summed E-state index contributed by atoms with van der Waals surface area (Å²) >= 11 is 0. The van der Waals surface area contributed by atoms with Crippen molar-refractivity contribution >= 4 is 0 Å². The molecule has 0 aliphatic rings. The molecule has 0 amide bonds. The van der Waals surface area contributed by atoms with Gasteiger partial charge in [0.15, 0.2) is 12.8 Å². The predicted molar refractivity (Wildman–Crippen MR) is 89.2 cm³/mol. The molecular weight excluding hydrogens is 294 g/mol. The Morgan fingerprint density at radius 1 is 0.682 bits per heavy atom. The van der Waals surface area contributed by atoms with E-state index in [1.165, 1.54) is 89.9 Å². The average Bonchev–Trinajstić information content (AvgIpc) is 3.01. The second-order valence-electron chi connectivity index (χ2n) is 6.36. The standard InChI is InChI=1S/C19H36NO.ClH/c1-2-3-4-5-6-7-8-9-10-11-12-13-14-15-16-20-17-18-21-19-20;/h17-19H,2-16H2,1H3;1H/q+1;/p-1. The van der Waals surface area contributed by atoms with Gasteiger partial charge in [0.25, 0.3) is 0 Å². The van der Waals surface area contributed by atoms with Gasteiger partial charge in [-0.2, -0.15) is 4.57 Å². The number of oxazole rings is 1. The van der Waals surface area contributed by atoms with Crippen LogP contribution in [0.15, 0.2) is 23.3 Å². The monoisotopic (exact) mass is 329 g/mol. The van der Waals surface area contributed by atoms with E-state index >= 15 is 0 Å². The summed E-state index contributed by atoms with van der Waals surface area (Å²) in [4.78, 5) is 0. The topological polar surface area (TPSA) is 17.0 Å². The molecule has 0 saturated heterocycles. The summed E-state index contributed by atoms with van der Waals surface area (Å²) in [5.74, 6) is 0. The lowest BCUT2D eigenvalue weighted by Crippen LogP contribution is -3.00. The van der Waals surface area contributed by atoms with E-state index < -0.39 is 0 Å². The predicted octanol–water partition coefficient (Wildman–Crippen LogP) is 3.05. The van der Waals surface area contributed by atoms with E-state index in [-0.39, 0.29) is 12.4 Å². The molecule has 0 N–H and O–H groups in total. The van der Waals surface area contributed by atoms with Crippen LogP contribution in [-0.4, -0.2) is 0 Å². The van der Waals surface area contributed by atoms with Crippen LogP contribution in [-0.2, 0) is 6.54 Å². The summed E-state index contributed by atoms with van der Waals surface area (Å²) in [5, 5.41) is 0. The highest BCUT2D eigenvalue weighted by Gasteiger charge is 2.00. The first kappa shape index (κ1) is 21.5. The van der Waals surface area contributed by atoms with Crippen molar-refractivity contribution in [2.45, 2.75) is 103 Å². The molecule has 0 bridgehead atoms. The lowest BCUT2D eigenvalue weighted by Gasteiger charge is -2.02. The molecule has 0 atom stereocenters. The molecule has 3 heteroatoms. The maximum atomic E-state index is 5.05. The van der Waals surface area contributed by atoms with Gasteiger partial charge in [0, 0.05) is 6.42 Å². The number of nitrogens with zero attached hydrogens (tertiary/aromatic N) is 1. The van der Waals surface area contributed by atoms with Gasteiger partial charge in [-0.1, -0.05) is 84.0 Å². The average molecular weight is 330 g/mol. The van der Waals surface area contributed by atoms with Gasteiger partial charge in [0.05, 0.1) is 0 Å². The third kappa shape index (κ3) is 13.2. The highest BCUT2D eigenvalue weighted by Crippen LogP contribution is 2.12. The van der Waals surface area contributed by atoms with E-state index in [1.54, 1.807) is 12.7 Å². The van der Waals surface area contributed by atoms with E-state index in [9.17, 15) is 0 Å². The molecule has 130 valence electrons. The minimum Gasteiger partial charge on any atom is -1.00 e. The summed E-state index contributed by atoms with van der Waals surface area (Å²) in [6.07, 6.45) is 25.4. The molecule has 0 fully saturated rings. The smallest absolute Gasteiger partial charge is 0.334 e. The summed E-state index contributed by atoms with van der Waals surface area (Å²) in [6, 6.07) is 0. The first-order valence-corrected chi connectivity index (χ1v) is 9.34. The van der Waals surface area contributed by atoms with Crippen LogP contribution in [0.1, 0.15) is 96.8 Å². The minimum atomic E-state index is 0. The first-order chi connectivity index (χ1) is 10.4. The van der Waals surface area contributed by atoms with Crippen molar-refractivity contribution < 1.29 is 21.4 Å². The zero-order valence-corrected chi connectivity index (χ0v) is 15.3. The largest absolute Gasteiger partial charge is 1.00 e. The van der Waals surface area contributed by atoms with Crippen LogP contribution in [0.5, 0.6) is 0 Å². The number of hydrogen-bond acceptors (Lipinski definition) is 1. The summed E-state index contributed by atoms with van der Waals surface area (Å²) in [5.41, 5.74) is 0. The maximum Gasteiger partial charge on any atom is 0.334 e. The maximum absolute atomic E-state index is 5.05. The lowest BCUT2D eigenvalue weighted by atomic mass is 10.0. The van der Waals surface area contributed by atoms with Crippen molar-refractivity contribution in [3.63, 3.8) is 0 Å². The van der Waals surface area contributed by atoms with Gasteiger partial charge >= 0.3 is 6.39 Å². The van der Waals surface area contributed by atoms with E-state index in [4.69, 9.17) is 4.42 Å². The van der Waals surface area contributed by atoms with Crippen molar-refractivity contribution in [2.75, 3.05) is 0 Å². The third-order valence-electron chi connectivity index (χ3n) is 4.30. The molecule has 0 aliphatic carbocycles. The highest BCUT2D eigenvalue weighted by atomic mass is 35.5. The normalized spacial score (nSPS) is 10.6. The van der Waals surface area contributed by atoms with Crippen LogP contribution in [0, 0.1) is 0 Å². The summed E-state index contributed by atoms with van der Waals surface area (Å²) in [6.45, 7) is 3.39. The molecular formula is C19H36ClNO. The molecule has 1 heterocycles. The Balaban J connectivity index is 0.00000441. The van der Waals surface area contributed by atoms with Gasteiger partial charge in [-0.3, -0.25) is 0 Å². The van der Waals surface area contributed by atoms with Gasteiger partial charge in [-0.15, -0.1) is 0 Å². The van der Waals surface area contributed by atoms with Gasteiger partial charge in [0.2, 0.25) is 6.20 Å². The fourth-order valence-corrected chi connectivity index (χ4v) is 2.88. The van der Waals surface area contributed by atoms with E-state index in [0.29, 0.717) is 0 Å². The van der Waals surface area contributed by atoms with E-state index in [2.05, 4.69) is 11.5 Å². The van der Waals surface area contributed by atoms with Crippen molar-refractivity contribution in [2.24, 2.45) is 0 Å². The third-order valence-corrected chi connectivity index (χ3v) is 4.30. The van der Waals surface area contributed by atoms with Crippen LogP contribution in [0.25, 0.3) is 0 Å². The Hall–Kier alpha value is -0.500. The Bertz CT molecular complexity index is 300. The first-order valence-electron chi connectivity index (χ1n) is 9.34. The van der Waals surface area contributed by atoms with Crippen LogP contribution in [0.4, 0.5) is 0 Å². The zero-order chi connectivity index (χ0) is 15.0. The number of aromatic nitrogens is 1. The number of hydrogen-bond donors (Lipinski definition) is 0. The molecule has 1 rings (SSSR count). The molecule has 0 unspecified atom stereocenters. The quantitative estimate of drug-likeness (QED) is 0.357. The van der Waals surface area contributed by atoms with Crippen LogP contribution in [0.2, 0.25) is 0 Å². The molecule has 0 spiro atoms.